The maximum atomic E-state index is 8.65. The molecule has 1 aliphatic rings. The zero-order valence-electron chi connectivity index (χ0n) is 9.56. The van der Waals surface area contributed by atoms with Gasteiger partial charge in [0.25, 0.3) is 0 Å². The highest BCUT2D eigenvalue weighted by Gasteiger charge is 2.19. The summed E-state index contributed by atoms with van der Waals surface area (Å²) in [6.07, 6.45) is 7.01. The lowest BCUT2D eigenvalue weighted by molar-refractivity contribution is 0.403. The van der Waals surface area contributed by atoms with Gasteiger partial charge in [-0.15, -0.1) is 0 Å². The third kappa shape index (κ3) is 2.30. The second-order valence-electron chi connectivity index (χ2n) is 4.23. The Morgan fingerprint density at radius 1 is 1.50 bits per heavy atom. The predicted octanol–water partition coefficient (Wildman–Crippen LogP) is 1.97. The average Bonchev–Trinajstić information content (AvgIpc) is 2.39. The van der Waals surface area contributed by atoms with E-state index < -0.39 is 0 Å². The van der Waals surface area contributed by atoms with Crippen LogP contribution in [0.5, 0.6) is 0 Å². The van der Waals surface area contributed by atoms with Crippen LogP contribution in [-0.2, 0) is 0 Å². The molecule has 1 aromatic heterocycles. The molecule has 1 unspecified atom stereocenters. The van der Waals surface area contributed by atoms with Crippen LogP contribution in [0.3, 0.4) is 0 Å². The minimum Gasteiger partial charge on any atom is -0.355 e. The summed E-state index contributed by atoms with van der Waals surface area (Å²) in [5.74, 6) is 1.67. The van der Waals surface area contributed by atoms with Crippen LogP contribution in [0.4, 0.5) is 5.82 Å². The first-order chi connectivity index (χ1) is 7.83. The topological polar surface area (TPSA) is 52.8 Å². The molecule has 84 valence electrons. The van der Waals surface area contributed by atoms with Crippen molar-refractivity contribution in [3.8, 4) is 6.07 Å². The molecule has 0 radical (unpaired) electrons. The molecule has 0 spiro atoms. The third-order valence-corrected chi connectivity index (χ3v) is 3.17. The fourth-order valence-electron chi connectivity index (χ4n) is 2.15. The summed E-state index contributed by atoms with van der Waals surface area (Å²) in [5.41, 5.74) is 0.382. The maximum Gasteiger partial charge on any atom is 0.158 e. The van der Waals surface area contributed by atoms with Gasteiger partial charge in [0.05, 0.1) is 12.4 Å². The Bertz CT molecular complexity index is 379. The summed E-state index contributed by atoms with van der Waals surface area (Å²) in [6, 6.07) is 1.98. The molecule has 1 aromatic rings. The van der Waals surface area contributed by atoms with E-state index in [0.29, 0.717) is 5.69 Å². The van der Waals surface area contributed by atoms with Crippen molar-refractivity contribution >= 4 is 5.82 Å². The summed E-state index contributed by atoms with van der Waals surface area (Å²) >= 11 is 0. The van der Waals surface area contributed by atoms with Crippen molar-refractivity contribution in [1.82, 2.24) is 9.97 Å². The van der Waals surface area contributed by atoms with Crippen molar-refractivity contribution in [2.24, 2.45) is 5.92 Å². The van der Waals surface area contributed by atoms with E-state index in [0.717, 1.165) is 24.8 Å². The van der Waals surface area contributed by atoms with Gasteiger partial charge in [-0.2, -0.15) is 5.26 Å². The minimum absolute atomic E-state index is 0.382. The molecule has 2 heterocycles. The van der Waals surface area contributed by atoms with Crippen LogP contribution in [-0.4, -0.2) is 23.1 Å². The molecule has 1 atom stereocenters. The molecule has 0 aliphatic carbocycles. The van der Waals surface area contributed by atoms with Gasteiger partial charge < -0.3 is 4.90 Å². The highest BCUT2D eigenvalue weighted by molar-refractivity contribution is 5.37. The molecule has 2 rings (SSSR count). The van der Waals surface area contributed by atoms with Crippen molar-refractivity contribution in [3.05, 3.63) is 18.1 Å². The average molecular weight is 216 g/mol. The molecular weight excluding hydrogens is 200 g/mol. The monoisotopic (exact) mass is 216 g/mol. The van der Waals surface area contributed by atoms with Crippen LogP contribution in [0.2, 0.25) is 0 Å². The van der Waals surface area contributed by atoms with Crippen molar-refractivity contribution in [2.75, 3.05) is 18.0 Å². The molecule has 1 aliphatic heterocycles. The van der Waals surface area contributed by atoms with E-state index in [4.69, 9.17) is 5.26 Å². The fraction of sp³-hybridized carbons (Fsp3) is 0.583. The number of nitrogens with zero attached hydrogens (tertiary/aromatic N) is 4. The molecule has 1 saturated heterocycles. The Labute approximate surface area is 95.9 Å². The van der Waals surface area contributed by atoms with Gasteiger partial charge in [-0.25, -0.2) is 9.97 Å². The van der Waals surface area contributed by atoms with Crippen LogP contribution < -0.4 is 4.90 Å². The van der Waals surface area contributed by atoms with Crippen LogP contribution in [0, 0.1) is 17.2 Å². The molecule has 4 heteroatoms. The number of piperidine rings is 1. The predicted molar refractivity (Wildman–Crippen MR) is 62.0 cm³/mol. The Hall–Kier alpha value is -1.63. The molecule has 1 fully saturated rings. The number of hydrogen-bond donors (Lipinski definition) is 0. The Morgan fingerprint density at radius 2 is 2.38 bits per heavy atom. The summed E-state index contributed by atoms with van der Waals surface area (Å²) in [4.78, 5) is 10.6. The molecule has 0 amide bonds. The normalized spacial score (nSPS) is 20.5. The first kappa shape index (κ1) is 10.9. The van der Waals surface area contributed by atoms with E-state index in [-0.39, 0.29) is 0 Å². The smallest absolute Gasteiger partial charge is 0.158 e. The number of hydrogen-bond acceptors (Lipinski definition) is 4. The van der Waals surface area contributed by atoms with Crippen molar-refractivity contribution < 1.29 is 0 Å². The molecule has 0 saturated carbocycles. The molecule has 0 bridgehead atoms. The summed E-state index contributed by atoms with van der Waals surface area (Å²) in [7, 11) is 0. The molecule has 16 heavy (non-hydrogen) atoms. The zero-order chi connectivity index (χ0) is 11.4. The third-order valence-electron chi connectivity index (χ3n) is 3.17. The van der Waals surface area contributed by atoms with Gasteiger partial charge in [-0.1, -0.05) is 13.3 Å². The van der Waals surface area contributed by atoms with E-state index in [1.807, 2.05) is 6.07 Å². The van der Waals surface area contributed by atoms with E-state index in [1.165, 1.54) is 19.3 Å². The van der Waals surface area contributed by atoms with Gasteiger partial charge in [0.2, 0.25) is 0 Å². The van der Waals surface area contributed by atoms with E-state index in [2.05, 4.69) is 21.8 Å². The van der Waals surface area contributed by atoms with Crippen LogP contribution >= 0.6 is 0 Å². The van der Waals surface area contributed by atoms with Crippen molar-refractivity contribution in [2.45, 2.75) is 26.2 Å². The van der Waals surface area contributed by atoms with E-state index >= 15 is 0 Å². The number of anilines is 1. The van der Waals surface area contributed by atoms with Crippen LogP contribution in [0.15, 0.2) is 12.4 Å². The summed E-state index contributed by atoms with van der Waals surface area (Å²) in [6.45, 7) is 4.35. The summed E-state index contributed by atoms with van der Waals surface area (Å²) in [5, 5.41) is 8.65. The quantitative estimate of drug-likeness (QED) is 0.758. The second-order valence-corrected chi connectivity index (χ2v) is 4.23. The number of nitriles is 1. The van der Waals surface area contributed by atoms with Gasteiger partial charge >= 0.3 is 0 Å². The highest BCUT2D eigenvalue weighted by atomic mass is 15.2. The van der Waals surface area contributed by atoms with Gasteiger partial charge in [-0.3, -0.25) is 0 Å². The first-order valence-electron chi connectivity index (χ1n) is 5.80. The standard InChI is InChI=1S/C12H16N4/c1-2-10-4-3-5-16(9-10)12-8-14-11(6-13)7-15-12/h7-8,10H,2-5,9H2,1H3. The Balaban J connectivity index is 2.08. The van der Waals surface area contributed by atoms with Gasteiger partial charge in [-0.05, 0) is 18.8 Å². The molecular formula is C12H16N4. The summed E-state index contributed by atoms with van der Waals surface area (Å²) < 4.78 is 0. The van der Waals surface area contributed by atoms with E-state index in [9.17, 15) is 0 Å². The van der Waals surface area contributed by atoms with Crippen molar-refractivity contribution in [1.29, 1.82) is 5.26 Å². The molecule has 4 nitrogen and oxygen atoms in total. The highest BCUT2D eigenvalue weighted by Crippen LogP contribution is 2.22. The molecule has 0 aromatic carbocycles. The Morgan fingerprint density at radius 3 is 3.00 bits per heavy atom. The van der Waals surface area contributed by atoms with Gasteiger partial charge in [0.1, 0.15) is 11.9 Å². The maximum absolute atomic E-state index is 8.65. The van der Waals surface area contributed by atoms with Crippen LogP contribution in [0.1, 0.15) is 31.9 Å². The van der Waals surface area contributed by atoms with Crippen LogP contribution in [0.25, 0.3) is 0 Å². The zero-order valence-corrected chi connectivity index (χ0v) is 9.56. The SMILES string of the molecule is CCC1CCCN(c2cnc(C#N)cn2)C1. The van der Waals surface area contributed by atoms with Crippen molar-refractivity contribution in [3.63, 3.8) is 0 Å². The lowest BCUT2D eigenvalue weighted by atomic mass is 9.96. The Kier molecular flexibility index (Phi) is 3.35. The largest absolute Gasteiger partial charge is 0.355 e. The first-order valence-corrected chi connectivity index (χ1v) is 5.80. The van der Waals surface area contributed by atoms with Gasteiger partial charge in [0.15, 0.2) is 5.69 Å². The lowest BCUT2D eigenvalue weighted by Crippen LogP contribution is -2.35. The molecule has 0 N–H and O–H groups in total. The second kappa shape index (κ2) is 4.93. The number of rotatable bonds is 2. The fourth-order valence-corrected chi connectivity index (χ4v) is 2.15. The minimum atomic E-state index is 0.382. The lowest BCUT2D eigenvalue weighted by Gasteiger charge is -2.32. The van der Waals surface area contributed by atoms with E-state index in [1.54, 1.807) is 12.4 Å². The number of aromatic nitrogens is 2. The van der Waals surface area contributed by atoms with Gasteiger partial charge in [0, 0.05) is 13.1 Å².